The van der Waals surface area contributed by atoms with Crippen molar-refractivity contribution in [2.24, 2.45) is 0 Å². The van der Waals surface area contributed by atoms with E-state index in [4.69, 9.17) is 0 Å². The number of hydrogen-bond donors (Lipinski definition) is 0. The van der Waals surface area contributed by atoms with Crippen LogP contribution in [0.15, 0.2) is 36.4 Å². The van der Waals surface area contributed by atoms with Gasteiger partial charge in [0.2, 0.25) is 5.69 Å². The molecule has 2 aromatic carbocycles. The number of nitrogens with zero attached hydrogens (tertiary/aromatic N) is 1. The molecule has 4 nitrogen and oxygen atoms in total. The van der Waals surface area contributed by atoms with Gasteiger partial charge in [-0.05, 0) is 37.1 Å². The summed E-state index contributed by atoms with van der Waals surface area (Å²) in [7, 11) is -4.12. The predicted octanol–water partition coefficient (Wildman–Crippen LogP) is 3.56. The summed E-state index contributed by atoms with van der Waals surface area (Å²) in [6.45, 7) is 7.33. The largest absolute Gasteiger partial charge is 0.748 e. The fraction of sp³-hybridized carbons (Fsp3) is 0.421. The first-order valence-electron chi connectivity index (χ1n) is 8.29. The molecule has 0 amide bonds. The van der Waals surface area contributed by atoms with Crippen LogP contribution in [0.3, 0.4) is 0 Å². The summed E-state index contributed by atoms with van der Waals surface area (Å²) in [5, 5.41) is 2.50. The average molecular weight is 345 g/mol. The number of fused-ring (bicyclic) bond motifs is 3. The van der Waals surface area contributed by atoms with Crippen molar-refractivity contribution in [2.45, 2.75) is 39.0 Å². The zero-order chi connectivity index (χ0) is 17.5. The van der Waals surface area contributed by atoms with Gasteiger partial charge in [-0.25, -0.2) is 8.42 Å². The highest BCUT2D eigenvalue weighted by atomic mass is 32.2. The van der Waals surface area contributed by atoms with Crippen molar-refractivity contribution < 1.29 is 17.5 Å². The summed E-state index contributed by atoms with van der Waals surface area (Å²) in [6, 6.07) is 12.7. The Bertz CT molecular complexity index is 927. The van der Waals surface area contributed by atoms with Gasteiger partial charge < -0.3 is 4.55 Å². The zero-order valence-electron chi connectivity index (χ0n) is 14.4. The molecule has 0 fully saturated rings. The van der Waals surface area contributed by atoms with E-state index < -0.39 is 10.1 Å². The lowest BCUT2D eigenvalue weighted by atomic mass is 9.80. The molecule has 0 aromatic heterocycles. The molecule has 0 saturated carbocycles. The number of hydrogen-bond acceptors (Lipinski definition) is 3. The summed E-state index contributed by atoms with van der Waals surface area (Å²) in [5.41, 5.74) is 3.72. The van der Waals surface area contributed by atoms with Crippen molar-refractivity contribution in [2.75, 3.05) is 12.3 Å². The van der Waals surface area contributed by atoms with E-state index in [2.05, 4.69) is 55.7 Å². The first-order valence-corrected chi connectivity index (χ1v) is 9.87. The van der Waals surface area contributed by atoms with Gasteiger partial charge in [0, 0.05) is 30.7 Å². The maximum Gasteiger partial charge on any atom is 0.210 e. The Labute approximate surface area is 143 Å². The van der Waals surface area contributed by atoms with Gasteiger partial charge >= 0.3 is 0 Å². The standard InChI is InChI=1S/C19H23NO3S/c1-14-19(2,3)18-16-9-5-4-8-15(16)10-11-17(18)20(14)12-6-7-13-24(21,22)23/h4-5,8-11H,6-7,12-13H2,1-3H3. The molecule has 128 valence electrons. The third-order valence-corrected chi connectivity index (χ3v) is 5.95. The zero-order valence-corrected chi connectivity index (χ0v) is 15.2. The molecule has 5 heteroatoms. The smallest absolute Gasteiger partial charge is 0.210 e. The first-order chi connectivity index (χ1) is 11.2. The van der Waals surface area contributed by atoms with Crippen LogP contribution in [0, 0.1) is 0 Å². The molecular formula is C19H23NO3S. The molecule has 0 bridgehead atoms. The average Bonchev–Trinajstić information content (AvgIpc) is 2.71. The molecule has 2 aromatic rings. The topological polar surface area (TPSA) is 60.2 Å². The van der Waals surface area contributed by atoms with E-state index in [1.165, 1.54) is 27.7 Å². The third kappa shape index (κ3) is 2.98. The molecule has 0 spiro atoms. The Morgan fingerprint density at radius 3 is 2.50 bits per heavy atom. The van der Waals surface area contributed by atoms with Crippen LogP contribution in [0.5, 0.6) is 0 Å². The molecule has 0 unspecified atom stereocenters. The van der Waals surface area contributed by atoms with Crippen LogP contribution >= 0.6 is 0 Å². The predicted molar refractivity (Wildman–Crippen MR) is 96.2 cm³/mol. The van der Waals surface area contributed by atoms with Crippen molar-refractivity contribution >= 4 is 32.3 Å². The fourth-order valence-electron chi connectivity index (χ4n) is 3.68. The Morgan fingerprint density at radius 2 is 1.79 bits per heavy atom. The quantitative estimate of drug-likeness (QED) is 0.473. The van der Waals surface area contributed by atoms with E-state index in [0.717, 1.165) is 6.54 Å². The summed E-state index contributed by atoms with van der Waals surface area (Å²) in [5.74, 6) is -0.284. The van der Waals surface area contributed by atoms with E-state index in [0.29, 0.717) is 12.8 Å². The maximum atomic E-state index is 10.8. The molecule has 1 heterocycles. The molecule has 3 rings (SSSR count). The lowest BCUT2D eigenvalue weighted by Crippen LogP contribution is -2.27. The van der Waals surface area contributed by atoms with Gasteiger partial charge in [-0.15, -0.1) is 0 Å². The number of benzene rings is 2. The lowest BCUT2D eigenvalue weighted by molar-refractivity contribution is -0.439. The minimum Gasteiger partial charge on any atom is -0.748 e. The first kappa shape index (κ1) is 17.1. The molecule has 0 atom stereocenters. The highest BCUT2D eigenvalue weighted by molar-refractivity contribution is 7.85. The second-order valence-corrected chi connectivity index (χ2v) is 8.54. The number of unbranched alkanes of at least 4 members (excludes halogenated alkanes) is 1. The normalized spacial score (nSPS) is 16.7. The molecule has 0 saturated heterocycles. The van der Waals surface area contributed by atoms with Crippen LogP contribution in [0.1, 0.15) is 39.2 Å². The highest BCUT2D eigenvalue weighted by Gasteiger charge is 2.43. The molecule has 1 aliphatic heterocycles. The van der Waals surface area contributed by atoms with Crippen molar-refractivity contribution in [3.05, 3.63) is 42.0 Å². The fourth-order valence-corrected chi connectivity index (χ4v) is 4.24. The van der Waals surface area contributed by atoms with Crippen LogP contribution in [-0.4, -0.2) is 35.6 Å². The van der Waals surface area contributed by atoms with E-state index in [9.17, 15) is 13.0 Å². The van der Waals surface area contributed by atoms with Crippen molar-refractivity contribution in [1.82, 2.24) is 0 Å². The van der Waals surface area contributed by atoms with Gasteiger partial charge in [0.25, 0.3) is 0 Å². The second-order valence-electron chi connectivity index (χ2n) is 7.01. The monoisotopic (exact) mass is 345 g/mol. The van der Waals surface area contributed by atoms with Gasteiger partial charge in [-0.1, -0.05) is 24.3 Å². The van der Waals surface area contributed by atoms with Crippen molar-refractivity contribution in [1.29, 1.82) is 0 Å². The minimum absolute atomic E-state index is 0.0686. The SMILES string of the molecule is CC1=[N+](CCCCS(=O)(=O)[O-])c2ccc3ccccc3c2C1(C)C. The Balaban J connectivity index is 1.95. The van der Waals surface area contributed by atoms with Gasteiger partial charge in [0.05, 0.1) is 15.5 Å². The third-order valence-electron chi connectivity index (χ3n) is 5.16. The molecular weight excluding hydrogens is 322 g/mol. The second kappa shape index (κ2) is 5.97. The molecule has 0 N–H and O–H groups in total. The summed E-state index contributed by atoms with van der Waals surface area (Å²) < 4.78 is 34.6. The van der Waals surface area contributed by atoms with Gasteiger partial charge in [0.15, 0.2) is 5.71 Å². The summed E-state index contributed by atoms with van der Waals surface area (Å²) in [6.07, 6.45) is 1.08. The van der Waals surface area contributed by atoms with Crippen LogP contribution in [0.25, 0.3) is 10.8 Å². The van der Waals surface area contributed by atoms with E-state index >= 15 is 0 Å². The summed E-state index contributed by atoms with van der Waals surface area (Å²) in [4.78, 5) is 0. The summed E-state index contributed by atoms with van der Waals surface area (Å²) >= 11 is 0. The van der Waals surface area contributed by atoms with E-state index in [1.54, 1.807) is 0 Å². The van der Waals surface area contributed by atoms with Crippen LogP contribution in [0.2, 0.25) is 0 Å². The van der Waals surface area contributed by atoms with Gasteiger partial charge in [-0.3, -0.25) is 0 Å². The van der Waals surface area contributed by atoms with Crippen LogP contribution in [0.4, 0.5) is 5.69 Å². The molecule has 1 aliphatic rings. The van der Waals surface area contributed by atoms with Crippen LogP contribution < -0.4 is 0 Å². The Hall–Kier alpha value is -1.72. The molecule has 24 heavy (non-hydrogen) atoms. The minimum atomic E-state index is -4.12. The molecule has 0 radical (unpaired) electrons. The highest BCUT2D eigenvalue weighted by Crippen LogP contribution is 2.43. The van der Waals surface area contributed by atoms with Gasteiger partial charge in [0.1, 0.15) is 6.54 Å². The molecule has 0 aliphatic carbocycles. The lowest BCUT2D eigenvalue weighted by Gasteiger charge is -2.17. The maximum absolute atomic E-state index is 10.8. The van der Waals surface area contributed by atoms with Crippen LogP contribution in [-0.2, 0) is 15.5 Å². The van der Waals surface area contributed by atoms with E-state index in [-0.39, 0.29) is 11.2 Å². The van der Waals surface area contributed by atoms with Gasteiger partial charge in [-0.2, -0.15) is 4.58 Å². The Kier molecular flexibility index (Phi) is 4.26. The van der Waals surface area contributed by atoms with E-state index in [1.807, 2.05) is 6.07 Å². The van der Waals surface area contributed by atoms with Crippen molar-refractivity contribution in [3.63, 3.8) is 0 Å². The Morgan fingerprint density at radius 1 is 1.08 bits per heavy atom. The van der Waals surface area contributed by atoms with Crippen molar-refractivity contribution in [3.8, 4) is 0 Å². The number of rotatable bonds is 5.